The maximum Gasteiger partial charge on any atom is 0.179 e. The van der Waals surface area contributed by atoms with Crippen LogP contribution in [-0.2, 0) is 12.8 Å². The molecule has 112 valence electrons. The van der Waals surface area contributed by atoms with Gasteiger partial charge in [0.1, 0.15) is 0 Å². The molecule has 0 amide bonds. The molecule has 0 spiro atoms. The van der Waals surface area contributed by atoms with E-state index in [0.717, 1.165) is 25.1 Å². The van der Waals surface area contributed by atoms with E-state index in [1.807, 2.05) is 6.07 Å². The second kappa shape index (κ2) is 7.19. The van der Waals surface area contributed by atoms with Crippen molar-refractivity contribution in [1.82, 2.24) is 5.32 Å². The van der Waals surface area contributed by atoms with Crippen molar-refractivity contribution in [2.45, 2.75) is 45.1 Å². The lowest BCUT2D eigenvalue weighted by atomic mass is 9.93. The van der Waals surface area contributed by atoms with Gasteiger partial charge in [0, 0.05) is 11.6 Å². The fraction of sp³-hybridized carbons (Fsp3) is 0.625. The van der Waals surface area contributed by atoms with Gasteiger partial charge >= 0.3 is 0 Å². The number of hydrogen-bond donors (Lipinski definition) is 1. The first-order valence-electron chi connectivity index (χ1n) is 7.36. The highest BCUT2D eigenvalue weighted by atomic mass is 35.5. The summed E-state index contributed by atoms with van der Waals surface area (Å²) < 4.78 is 10.9. The Balaban J connectivity index is 2.33. The number of benzene rings is 1. The second-order valence-corrected chi connectivity index (χ2v) is 5.67. The quantitative estimate of drug-likeness (QED) is 0.901. The maximum absolute atomic E-state index is 6.33. The highest BCUT2D eigenvalue weighted by Crippen LogP contribution is 2.40. The third-order valence-electron chi connectivity index (χ3n) is 4.03. The van der Waals surface area contributed by atoms with Gasteiger partial charge in [0.15, 0.2) is 11.5 Å². The van der Waals surface area contributed by atoms with Crippen LogP contribution in [0.25, 0.3) is 0 Å². The summed E-state index contributed by atoms with van der Waals surface area (Å²) in [5, 5.41) is 4.22. The third kappa shape index (κ3) is 3.21. The Morgan fingerprint density at radius 3 is 2.55 bits per heavy atom. The van der Waals surface area contributed by atoms with Gasteiger partial charge in [-0.25, -0.2) is 0 Å². The Morgan fingerprint density at radius 1 is 1.25 bits per heavy atom. The van der Waals surface area contributed by atoms with E-state index in [1.54, 1.807) is 14.2 Å². The molecule has 4 heteroatoms. The minimum absolute atomic E-state index is 0.545. The Morgan fingerprint density at radius 2 is 2.00 bits per heavy atom. The van der Waals surface area contributed by atoms with Gasteiger partial charge in [-0.1, -0.05) is 24.9 Å². The third-order valence-corrected chi connectivity index (χ3v) is 4.31. The Bertz CT molecular complexity index is 456. The molecule has 1 aliphatic rings. The Hall–Kier alpha value is -0.930. The highest BCUT2D eigenvalue weighted by Gasteiger charge is 2.21. The molecule has 1 fully saturated rings. The summed E-state index contributed by atoms with van der Waals surface area (Å²) in [5.74, 6) is 1.43. The summed E-state index contributed by atoms with van der Waals surface area (Å²) >= 11 is 6.33. The zero-order chi connectivity index (χ0) is 14.5. The van der Waals surface area contributed by atoms with Crippen LogP contribution in [0.5, 0.6) is 11.5 Å². The van der Waals surface area contributed by atoms with E-state index in [0.29, 0.717) is 16.8 Å². The topological polar surface area (TPSA) is 30.5 Å². The summed E-state index contributed by atoms with van der Waals surface area (Å²) in [6.45, 7) is 3.26. The van der Waals surface area contributed by atoms with Gasteiger partial charge in [-0.05, 0) is 43.9 Å². The van der Waals surface area contributed by atoms with E-state index in [-0.39, 0.29) is 0 Å². The molecule has 1 unspecified atom stereocenters. The van der Waals surface area contributed by atoms with E-state index in [1.165, 1.54) is 30.4 Å². The van der Waals surface area contributed by atoms with Crippen molar-refractivity contribution in [3.05, 3.63) is 22.2 Å². The van der Waals surface area contributed by atoms with E-state index < -0.39 is 0 Å². The molecule has 1 atom stereocenters. The number of rotatable bonds is 5. The minimum atomic E-state index is 0.545. The molecule has 2 rings (SSSR count). The monoisotopic (exact) mass is 297 g/mol. The Labute approximate surface area is 126 Å². The molecule has 0 saturated carbocycles. The largest absolute Gasteiger partial charge is 0.493 e. The van der Waals surface area contributed by atoms with Crippen LogP contribution in [0.15, 0.2) is 6.07 Å². The standard InChI is InChI=1S/C16H24ClNO2/c1-4-13-11(9-12-7-5-6-8-18-12)10-14(17)16(20-3)15(13)19-2/h10,12,18H,4-9H2,1-3H3. The molecule has 1 N–H and O–H groups in total. The smallest absolute Gasteiger partial charge is 0.179 e. The van der Waals surface area contributed by atoms with E-state index in [4.69, 9.17) is 21.1 Å². The molecular formula is C16H24ClNO2. The SMILES string of the molecule is CCc1c(CC2CCCCN2)cc(Cl)c(OC)c1OC. The average Bonchev–Trinajstić information content (AvgIpc) is 2.47. The van der Waals surface area contributed by atoms with Crippen molar-refractivity contribution < 1.29 is 9.47 Å². The number of ether oxygens (including phenoxy) is 2. The number of hydrogen-bond acceptors (Lipinski definition) is 3. The molecule has 1 aromatic rings. The molecule has 0 aromatic heterocycles. The number of nitrogens with one attached hydrogen (secondary N) is 1. The number of methoxy groups -OCH3 is 2. The minimum Gasteiger partial charge on any atom is -0.493 e. The number of piperidine rings is 1. The van der Waals surface area contributed by atoms with Crippen molar-refractivity contribution in [1.29, 1.82) is 0 Å². The first-order chi connectivity index (χ1) is 9.71. The van der Waals surface area contributed by atoms with Crippen LogP contribution >= 0.6 is 11.6 Å². The summed E-state index contributed by atoms with van der Waals surface area (Å²) in [7, 11) is 3.31. The summed E-state index contributed by atoms with van der Waals surface area (Å²) in [5.41, 5.74) is 2.48. The fourth-order valence-electron chi connectivity index (χ4n) is 3.04. The second-order valence-electron chi connectivity index (χ2n) is 5.27. The first-order valence-corrected chi connectivity index (χ1v) is 7.74. The molecule has 1 aromatic carbocycles. The molecular weight excluding hydrogens is 274 g/mol. The van der Waals surface area contributed by atoms with Crippen LogP contribution in [0, 0.1) is 0 Å². The van der Waals surface area contributed by atoms with Crippen LogP contribution < -0.4 is 14.8 Å². The molecule has 1 saturated heterocycles. The van der Waals surface area contributed by atoms with Crippen molar-refractivity contribution in [2.75, 3.05) is 20.8 Å². The molecule has 0 radical (unpaired) electrons. The van der Waals surface area contributed by atoms with Crippen molar-refractivity contribution in [3.8, 4) is 11.5 Å². The predicted molar refractivity (Wildman–Crippen MR) is 83.3 cm³/mol. The zero-order valence-corrected chi connectivity index (χ0v) is 13.3. The van der Waals surface area contributed by atoms with E-state index in [9.17, 15) is 0 Å². The van der Waals surface area contributed by atoms with E-state index in [2.05, 4.69) is 12.2 Å². The lowest BCUT2D eigenvalue weighted by Gasteiger charge is -2.25. The molecule has 20 heavy (non-hydrogen) atoms. The normalized spacial score (nSPS) is 18.9. The molecule has 1 aliphatic heterocycles. The lowest BCUT2D eigenvalue weighted by molar-refractivity contribution is 0.350. The summed E-state index contributed by atoms with van der Waals surface area (Å²) in [4.78, 5) is 0. The lowest BCUT2D eigenvalue weighted by Crippen LogP contribution is -2.35. The van der Waals surface area contributed by atoms with Crippen LogP contribution in [0.3, 0.4) is 0 Å². The van der Waals surface area contributed by atoms with Gasteiger partial charge in [0.05, 0.1) is 19.2 Å². The van der Waals surface area contributed by atoms with Crippen LogP contribution in [0.2, 0.25) is 5.02 Å². The van der Waals surface area contributed by atoms with Gasteiger partial charge in [-0.3, -0.25) is 0 Å². The maximum atomic E-state index is 6.33. The van der Waals surface area contributed by atoms with Gasteiger partial charge < -0.3 is 14.8 Å². The molecule has 3 nitrogen and oxygen atoms in total. The van der Waals surface area contributed by atoms with Crippen LogP contribution in [0.1, 0.15) is 37.3 Å². The fourth-order valence-corrected chi connectivity index (χ4v) is 3.33. The Kier molecular flexibility index (Phi) is 5.55. The molecule has 0 aliphatic carbocycles. The van der Waals surface area contributed by atoms with Gasteiger partial charge in [-0.15, -0.1) is 0 Å². The van der Waals surface area contributed by atoms with E-state index >= 15 is 0 Å². The predicted octanol–water partition coefficient (Wildman–Crippen LogP) is 3.60. The summed E-state index contributed by atoms with van der Waals surface area (Å²) in [6, 6.07) is 2.58. The van der Waals surface area contributed by atoms with Crippen molar-refractivity contribution in [3.63, 3.8) is 0 Å². The van der Waals surface area contributed by atoms with Gasteiger partial charge in [-0.2, -0.15) is 0 Å². The summed E-state index contributed by atoms with van der Waals surface area (Å²) in [6.07, 6.45) is 5.74. The molecule has 1 heterocycles. The molecule has 0 bridgehead atoms. The van der Waals surface area contributed by atoms with Gasteiger partial charge in [0.25, 0.3) is 0 Å². The van der Waals surface area contributed by atoms with Gasteiger partial charge in [0.2, 0.25) is 0 Å². The van der Waals surface area contributed by atoms with Crippen molar-refractivity contribution >= 4 is 11.6 Å². The van der Waals surface area contributed by atoms with Crippen LogP contribution in [0.4, 0.5) is 0 Å². The number of halogens is 1. The van der Waals surface area contributed by atoms with Crippen molar-refractivity contribution in [2.24, 2.45) is 0 Å². The first kappa shape index (κ1) is 15.5. The highest BCUT2D eigenvalue weighted by molar-refractivity contribution is 6.32. The van der Waals surface area contributed by atoms with Crippen LogP contribution in [-0.4, -0.2) is 26.8 Å². The average molecular weight is 298 g/mol. The zero-order valence-electron chi connectivity index (χ0n) is 12.6.